The molecule has 0 amide bonds. The fourth-order valence-electron chi connectivity index (χ4n) is 0.430. The van der Waals surface area contributed by atoms with E-state index in [0.717, 1.165) is 0 Å². The van der Waals surface area contributed by atoms with E-state index in [0.29, 0.717) is 0 Å². The van der Waals surface area contributed by atoms with E-state index in [9.17, 15) is 0 Å². The highest BCUT2D eigenvalue weighted by molar-refractivity contribution is 4.55. The van der Waals surface area contributed by atoms with Gasteiger partial charge in [0.1, 0.15) is 0 Å². The summed E-state index contributed by atoms with van der Waals surface area (Å²) in [6, 6.07) is 0. The third-order valence-electron chi connectivity index (χ3n) is 1.51. The zero-order valence-corrected chi connectivity index (χ0v) is 6.86. The molecule has 0 radical (unpaired) electrons. The van der Waals surface area contributed by atoms with Gasteiger partial charge in [0.05, 0.1) is 0 Å². The minimum absolute atomic E-state index is 0.164. The van der Waals surface area contributed by atoms with Crippen LogP contribution in [0.1, 0.15) is 52.3 Å². The summed E-state index contributed by atoms with van der Waals surface area (Å²) in [5.74, 6) is -0.0981. The summed E-state index contributed by atoms with van der Waals surface area (Å²) in [6.07, 6.45) is -3.25. The van der Waals surface area contributed by atoms with Crippen molar-refractivity contribution in [3.8, 4) is 0 Å². The first-order chi connectivity index (χ1) is 5.66. The van der Waals surface area contributed by atoms with E-state index < -0.39 is 12.7 Å². The van der Waals surface area contributed by atoms with Gasteiger partial charge in [0.25, 0.3) is 0 Å². The van der Waals surface area contributed by atoms with Gasteiger partial charge < -0.3 is 0 Å². The van der Waals surface area contributed by atoms with Gasteiger partial charge in [-0.3, -0.25) is 0 Å². The van der Waals surface area contributed by atoms with Crippen LogP contribution in [0.5, 0.6) is 0 Å². The maximum atomic E-state index is 7.76. The molecule has 0 aliphatic carbocycles. The SMILES string of the molecule is [2H]C([2H])(CC)C([2H])([2H])C(C)C(C)C. The molecule has 1 atom stereocenters. The van der Waals surface area contributed by atoms with Crippen LogP contribution < -0.4 is 0 Å². The number of rotatable bonds is 4. The van der Waals surface area contributed by atoms with Crippen LogP contribution in [0.2, 0.25) is 0 Å². The molecule has 0 rings (SSSR count). The van der Waals surface area contributed by atoms with Gasteiger partial charge in [-0.15, -0.1) is 0 Å². The van der Waals surface area contributed by atoms with Crippen molar-refractivity contribution in [3.63, 3.8) is 0 Å². The van der Waals surface area contributed by atoms with Crippen molar-refractivity contribution < 1.29 is 5.48 Å². The van der Waals surface area contributed by atoms with Crippen molar-refractivity contribution in [1.29, 1.82) is 0 Å². The van der Waals surface area contributed by atoms with E-state index in [1.54, 1.807) is 13.8 Å². The average molecular weight is 132 g/mol. The van der Waals surface area contributed by atoms with Crippen LogP contribution in [0, 0.1) is 11.8 Å². The van der Waals surface area contributed by atoms with Crippen molar-refractivity contribution in [3.05, 3.63) is 0 Å². The molecule has 0 aliphatic heterocycles. The minimum Gasteiger partial charge on any atom is -0.0654 e. The molecule has 0 saturated carbocycles. The predicted octanol–water partition coefficient (Wildman–Crippen LogP) is 3.47. The lowest BCUT2D eigenvalue weighted by Crippen LogP contribution is -2.02. The topological polar surface area (TPSA) is 0 Å². The Balaban J connectivity index is 4.74. The smallest absolute Gasteiger partial charge is 0.0269 e. The average Bonchev–Trinajstić information content (AvgIpc) is 2.02. The van der Waals surface area contributed by atoms with E-state index in [-0.39, 0.29) is 18.3 Å². The van der Waals surface area contributed by atoms with Gasteiger partial charge in [-0.25, -0.2) is 0 Å². The summed E-state index contributed by atoms with van der Waals surface area (Å²) in [5, 5.41) is 0. The number of hydrogen-bond donors (Lipinski definition) is 0. The largest absolute Gasteiger partial charge is 0.0654 e. The predicted molar refractivity (Wildman–Crippen MR) is 43.5 cm³/mol. The first kappa shape index (κ1) is 4.00. The summed E-state index contributed by atoms with van der Waals surface area (Å²) >= 11 is 0. The molecule has 9 heavy (non-hydrogen) atoms. The maximum Gasteiger partial charge on any atom is 0.0269 e. The Kier molecular flexibility index (Phi) is 2.15. The van der Waals surface area contributed by atoms with Crippen LogP contribution >= 0.6 is 0 Å². The van der Waals surface area contributed by atoms with Crippen molar-refractivity contribution >= 4 is 0 Å². The quantitative estimate of drug-likeness (QED) is 0.549. The van der Waals surface area contributed by atoms with Crippen LogP contribution in [-0.4, -0.2) is 0 Å². The molecule has 0 spiro atoms. The molecule has 0 fully saturated rings. The fraction of sp³-hybridized carbons (Fsp3) is 1.00. The van der Waals surface area contributed by atoms with Gasteiger partial charge in [0.2, 0.25) is 0 Å². The van der Waals surface area contributed by atoms with Gasteiger partial charge in [0, 0.05) is 5.48 Å². The summed E-state index contributed by atoms with van der Waals surface area (Å²) < 4.78 is 30.7. The van der Waals surface area contributed by atoms with E-state index in [1.807, 2.05) is 13.8 Å². The summed E-state index contributed by atoms with van der Waals surface area (Å²) in [4.78, 5) is 0. The molecular weight excluding hydrogens is 108 g/mol. The van der Waals surface area contributed by atoms with Crippen molar-refractivity contribution in [2.75, 3.05) is 0 Å². The van der Waals surface area contributed by atoms with Crippen molar-refractivity contribution in [2.45, 2.75) is 46.9 Å². The van der Waals surface area contributed by atoms with Crippen LogP contribution in [-0.2, 0) is 0 Å². The molecule has 0 aromatic heterocycles. The lowest BCUT2D eigenvalue weighted by atomic mass is 9.93. The molecule has 0 N–H and O–H groups in total. The normalized spacial score (nSPS) is 24.1. The first-order valence-electron chi connectivity index (χ1n) is 5.66. The monoisotopic (exact) mass is 132 g/mol. The number of hydrogen-bond acceptors (Lipinski definition) is 0. The summed E-state index contributed by atoms with van der Waals surface area (Å²) in [5.41, 5.74) is 0. The van der Waals surface area contributed by atoms with E-state index >= 15 is 0 Å². The molecule has 1 unspecified atom stereocenters. The lowest BCUT2D eigenvalue weighted by molar-refractivity contribution is 0.381. The highest BCUT2D eigenvalue weighted by atomic mass is 14.1. The Hall–Kier alpha value is 0. The highest BCUT2D eigenvalue weighted by Crippen LogP contribution is 2.16. The lowest BCUT2D eigenvalue weighted by Gasteiger charge is -2.13. The Morgan fingerprint density at radius 2 is 1.89 bits per heavy atom. The van der Waals surface area contributed by atoms with Gasteiger partial charge in [-0.05, 0) is 11.8 Å². The second-order valence-corrected chi connectivity index (χ2v) is 2.71. The van der Waals surface area contributed by atoms with E-state index in [4.69, 9.17) is 5.48 Å². The summed E-state index contributed by atoms with van der Waals surface area (Å²) in [6.45, 7) is 7.31. The van der Waals surface area contributed by atoms with Crippen LogP contribution in [0.25, 0.3) is 0 Å². The van der Waals surface area contributed by atoms with E-state index in [1.165, 1.54) is 0 Å². The maximum absolute atomic E-state index is 7.76. The Labute approximate surface area is 65.3 Å². The van der Waals surface area contributed by atoms with Crippen LogP contribution in [0.4, 0.5) is 0 Å². The molecule has 0 saturated heterocycles. The molecule has 56 valence electrons. The molecule has 0 heterocycles. The second-order valence-electron chi connectivity index (χ2n) is 2.71. The van der Waals surface area contributed by atoms with Crippen LogP contribution in [0.15, 0.2) is 0 Å². The Morgan fingerprint density at radius 1 is 1.33 bits per heavy atom. The highest BCUT2D eigenvalue weighted by Gasteiger charge is 2.04. The zero-order valence-electron chi connectivity index (χ0n) is 10.9. The van der Waals surface area contributed by atoms with Crippen molar-refractivity contribution in [2.24, 2.45) is 11.8 Å². The van der Waals surface area contributed by atoms with Crippen LogP contribution in [0.3, 0.4) is 0 Å². The molecule has 0 nitrogen and oxygen atoms in total. The molecule has 0 heteroatoms. The molecule has 0 aliphatic rings. The van der Waals surface area contributed by atoms with Crippen molar-refractivity contribution in [1.82, 2.24) is 0 Å². The molecular formula is C9H20. The Bertz CT molecular complexity index is 163. The third-order valence-corrected chi connectivity index (χ3v) is 1.51. The Morgan fingerprint density at radius 3 is 2.22 bits per heavy atom. The first-order valence-corrected chi connectivity index (χ1v) is 3.66. The summed E-state index contributed by atoms with van der Waals surface area (Å²) in [7, 11) is 0. The molecule has 0 aromatic carbocycles. The minimum atomic E-state index is -1.74. The zero-order chi connectivity index (χ0) is 10.9. The van der Waals surface area contributed by atoms with Gasteiger partial charge in [-0.1, -0.05) is 46.9 Å². The van der Waals surface area contributed by atoms with Gasteiger partial charge in [-0.2, -0.15) is 0 Å². The third kappa shape index (κ3) is 4.50. The second kappa shape index (κ2) is 4.84. The fourth-order valence-corrected chi connectivity index (χ4v) is 0.430. The van der Waals surface area contributed by atoms with E-state index in [2.05, 4.69) is 0 Å². The molecule has 0 bridgehead atoms. The van der Waals surface area contributed by atoms with Gasteiger partial charge >= 0.3 is 0 Å². The standard InChI is InChI=1S/C9H20/c1-5-6-7-9(4)8(2)3/h8-9H,5-7H2,1-4H3/i6D2,7D2. The molecule has 0 aromatic rings. The van der Waals surface area contributed by atoms with Gasteiger partial charge in [0.15, 0.2) is 0 Å².